The normalized spacial score (nSPS) is 12.4. The number of hydrogen-bond acceptors (Lipinski definition) is 3. The fourth-order valence-corrected chi connectivity index (χ4v) is 1.95. The molecule has 102 valence electrons. The van der Waals surface area contributed by atoms with Crippen molar-refractivity contribution in [3.05, 3.63) is 48.0 Å². The third kappa shape index (κ3) is 3.58. The van der Waals surface area contributed by atoms with Gasteiger partial charge >= 0.3 is 0 Å². The number of benzene rings is 1. The van der Waals surface area contributed by atoms with E-state index in [0.717, 1.165) is 18.1 Å². The second-order valence-corrected chi connectivity index (χ2v) is 4.56. The number of aryl methyl sites for hydroxylation is 1. The third-order valence-electron chi connectivity index (χ3n) is 3.18. The molecule has 2 aromatic rings. The number of ether oxygens (including phenoxy) is 1. The average molecular weight is 259 g/mol. The Labute approximate surface area is 114 Å². The lowest BCUT2D eigenvalue weighted by molar-refractivity contribution is 0.340. The van der Waals surface area contributed by atoms with Crippen LogP contribution >= 0.6 is 0 Å². The Morgan fingerprint density at radius 2 is 2.05 bits per heavy atom. The molecule has 0 amide bonds. The number of rotatable bonds is 6. The molecule has 19 heavy (non-hydrogen) atoms. The van der Waals surface area contributed by atoms with Crippen molar-refractivity contribution in [3.8, 4) is 5.75 Å². The standard InChI is InChI=1S/C15H21N3O/c1-4-19-14-7-5-13(6-8-14)12(2)17-11-15-16-9-10-18(15)3/h5-10,12,17H,4,11H2,1-3H3. The van der Waals surface area contributed by atoms with E-state index < -0.39 is 0 Å². The van der Waals surface area contributed by atoms with Gasteiger partial charge in [-0.05, 0) is 31.5 Å². The summed E-state index contributed by atoms with van der Waals surface area (Å²) in [5, 5.41) is 3.47. The molecule has 4 heteroatoms. The molecular weight excluding hydrogens is 238 g/mol. The maximum absolute atomic E-state index is 5.44. The van der Waals surface area contributed by atoms with E-state index in [1.165, 1.54) is 5.56 Å². The lowest BCUT2D eigenvalue weighted by atomic mass is 10.1. The second kappa shape index (κ2) is 6.38. The summed E-state index contributed by atoms with van der Waals surface area (Å²) in [5.41, 5.74) is 1.25. The van der Waals surface area contributed by atoms with Gasteiger partial charge < -0.3 is 14.6 Å². The Balaban J connectivity index is 1.92. The summed E-state index contributed by atoms with van der Waals surface area (Å²) in [6, 6.07) is 8.50. The summed E-state index contributed by atoms with van der Waals surface area (Å²) in [5.74, 6) is 1.96. The largest absolute Gasteiger partial charge is 0.494 e. The van der Waals surface area contributed by atoms with Gasteiger partial charge in [0.25, 0.3) is 0 Å². The van der Waals surface area contributed by atoms with E-state index in [1.807, 2.05) is 43.1 Å². The maximum atomic E-state index is 5.44. The van der Waals surface area contributed by atoms with Gasteiger partial charge in [-0.2, -0.15) is 0 Å². The number of hydrogen-bond donors (Lipinski definition) is 1. The fraction of sp³-hybridized carbons (Fsp3) is 0.400. The zero-order valence-electron chi connectivity index (χ0n) is 11.8. The van der Waals surface area contributed by atoms with Crippen LogP contribution in [-0.4, -0.2) is 16.2 Å². The number of aromatic nitrogens is 2. The van der Waals surface area contributed by atoms with Crippen molar-refractivity contribution < 1.29 is 4.74 Å². The van der Waals surface area contributed by atoms with E-state index >= 15 is 0 Å². The van der Waals surface area contributed by atoms with Crippen molar-refractivity contribution in [3.63, 3.8) is 0 Å². The smallest absolute Gasteiger partial charge is 0.122 e. The molecule has 0 aliphatic rings. The maximum Gasteiger partial charge on any atom is 0.122 e. The van der Waals surface area contributed by atoms with Gasteiger partial charge in [0.2, 0.25) is 0 Å². The molecule has 1 N–H and O–H groups in total. The van der Waals surface area contributed by atoms with Gasteiger partial charge in [0.15, 0.2) is 0 Å². The lowest BCUT2D eigenvalue weighted by Crippen LogP contribution is -2.20. The van der Waals surface area contributed by atoms with Crippen molar-refractivity contribution >= 4 is 0 Å². The first-order valence-electron chi connectivity index (χ1n) is 6.63. The topological polar surface area (TPSA) is 39.1 Å². The summed E-state index contributed by atoms with van der Waals surface area (Å²) in [6.45, 7) is 5.60. The molecule has 0 bridgehead atoms. The van der Waals surface area contributed by atoms with E-state index in [2.05, 4.69) is 29.4 Å². The predicted molar refractivity (Wildman–Crippen MR) is 76.1 cm³/mol. The zero-order chi connectivity index (χ0) is 13.7. The summed E-state index contributed by atoms with van der Waals surface area (Å²) >= 11 is 0. The molecule has 1 atom stereocenters. The van der Waals surface area contributed by atoms with E-state index in [-0.39, 0.29) is 6.04 Å². The van der Waals surface area contributed by atoms with Gasteiger partial charge in [-0.3, -0.25) is 0 Å². The second-order valence-electron chi connectivity index (χ2n) is 4.56. The molecule has 0 radical (unpaired) electrons. The van der Waals surface area contributed by atoms with Gasteiger partial charge in [-0.1, -0.05) is 12.1 Å². The van der Waals surface area contributed by atoms with E-state index in [0.29, 0.717) is 6.61 Å². The Kier molecular flexibility index (Phi) is 4.58. The highest BCUT2D eigenvalue weighted by molar-refractivity contribution is 5.28. The Morgan fingerprint density at radius 1 is 1.32 bits per heavy atom. The summed E-state index contributed by atoms with van der Waals surface area (Å²) in [4.78, 5) is 4.30. The summed E-state index contributed by atoms with van der Waals surface area (Å²) in [6.07, 6.45) is 3.77. The minimum atomic E-state index is 0.285. The molecule has 0 aliphatic heterocycles. The Bertz CT molecular complexity index is 504. The average Bonchev–Trinajstić information content (AvgIpc) is 2.83. The molecule has 1 aromatic carbocycles. The van der Waals surface area contributed by atoms with E-state index in [1.54, 1.807) is 0 Å². The highest BCUT2D eigenvalue weighted by Crippen LogP contribution is 2.17. The fourth-order valence-electron chi connectivity index (χ4n) is 1.95. The van der Waals surface area contributed by atoms with Gasteiger partial charge in [0.1, 0.15) is 11.6 Å². The lowest BCUT2D eigenvalue weighted by Gasteiger charge is -2.14. The number of nitrogens with zero attached hydrogens (tertiary/aromatic N) is 2. The summed E-state index contributed by atoms with van der Waals surface area (Å²) < 4.78 is 7.47. The molecule has 0 spiro atoms. The van der Waals surface area contributed by atoms with Crippen molar-refractivity contribution in [2.24, 2.45) is 7.05 Å². The van der Waals surface area contributed by atoms with Crippen LogP contribution < -0.4 is 10.1 Å². The van der Waals surface area contributed by atoms with Crippen LogP contribution in [0.2, 0.25) is 0 Å². The highest BCUT2D eigenvalue weighted by Gasteiger charge is 2.06. The molecule has 0 aliphatic carbocycles. The van der Waals surface area contributed by atoms with Crippen LogP contribution in [0.4, 0.5) is 0 Å². The van der Waals surface area contributed by atoms with Gasteiger partial charge in [0.05, 0.1) is 13.2 Å². The van der Waals surface area contributed by atoms with E-state index in [4.69, 9.17) is 4.74 Å². The van der Waals surface area contributed by atoms with E-state index in [9.17, 15) is 0 Å². The molecule has 0 fully saturated rings. The van der Waals surface area contributed by atoms with Crippen LogP contribution in [0.15, 0.2) is 36.7 Å². The van der Waals surface area contributed by atoms with Gasteiger partial charge in [-0.15, -0.1) is 0 Å². The Hall–Kier alpha value is -1.81. The van der Waals surface area contributed by atoms with Crippen molar-refractivity contribution in [2.45, 2.75) is 26.4 Å². The quantitative estimate of drug-likeness (QED) is 0.867. The molecule has 1 aromatic heterocycles. The minimum Gasteiger partial charge on any atom is -0.494 e. The van der Waals surface area contributed by atoms with Crippen LogP contribution in [0.3, 0.4) is 0 Å². The molecular formula is C15H21N3O. The Morgan fingerprint density at radius 3 is 2.63 bits per heavy atom. The third-order valence-corrected chi connectivity index (χ3v) is 3.18. The van der Waals surface area contributed by atoms with Crippen LogP contribution in [0.25, 0.3) is 0 Å². The SMILES string of the molecule is CCOc1ccc(C(C)NCc2nccn2C)cc1. The minimum absolute atomic E-state index is 0.285. The first kappa shape index (κ1) is 13.6. The number of imidazole rings is 1. The van der Waals surface area contributed by atoms with Gasteiger partial charge in [0, 0.05) is 25.5 Å². The first-order valence-corrected chi connectivity index (χ1v) is 6.63. The van der Waals surface area contributed by atoms with Gasteiger partial charge in [-0.25, -0.2) is 4.98 Å². The van der Waals surface area contributed by atoms with Crippen LogP contribution in [0, 0.1) is 0 Å². The molecule has 4 nitrogen and oxygen atoms in total. The van der Waals surface area contributed by atoms with Crippen LogP contribution in [-0.2, 0) is 13.6 Å². The van der Waals surface area contributed by atoms with Crippen molar-refractivity contribution in [1.82, 2.24) is 14.9 Å². The van der Waals surface area contributed by atoms with Crippen molar-refractivity contribution in [1.29, 1.82) is 0 Å². The molecule has 1 unspecified atom stereocenters. The molecule has 2 rings (SSSR count). The number of nitrogens with one attached hydrogen (secondary N) is 1. The summed E-state index contributed by atoms with van der Waals surface area (Å²) in [7, 11) is 2.01. The first-order chi connectivity index (χ1) is 9.20. The zero-order valence-corrected chi connectivity index (χ0v) is 11.8. The van der Waals surface area contributed by atoms with Crippen LogP contribution in [0.1, 0.15) is 31.3 Å². The molecule has 0 saturated carbocycles. The molecule has 1 heterocycles. The predicted octanol–water partition coefficient (Wildman–Crippen LogP) is 2.67. The monoisotopic (exact) mass is 259 g/mol. The van der Waals surface area contributed by atoms with Crippen LogP contribution in [0.5, 0.6) is 5.75 Å². The molecule has 0 saturated heterocycles. The van der Waals surface area contributed by atoms with Crippen molar-refractivity contribution in [2.75, 3.05) is 6.61 Å². The highest BCUT2D eigenvalue weighted by atomic mass is 16.5.